The number of ether oxygens (including phenoxy) is 2. The van der Waals surface area contributed by atoms with Gasteiger partial charge in [-0.15, -0.1) is 0 Å². The first-order chi connectivity index (χ1) is 12.1. The molecule has 5 heteroatoms. The number of nitrogens with one attached hydrogen (secondary N) is 1. The highest BCUT2D eigenvalue weighted by atomic mass is 16.5. The third-order valence-electron chi connectivity index (χ3n) is 3.53. The van der Waals surface area contributed by atoms with Gasteiger partial charge in [0, 0.05) is 5.69 Å². The van der Waals surface area contributed by atoms with Crippen LogP contribution in [0.1, 0.15) is 35.7 Å². The molecule has 0 aliphatic heterocycles. The Labute approximate surface area is 148 Å². The van der Waals surface area contributed by atoms with Gasteiger partial charge < -0.3 is 14.8 Å². The van der Waals surface area contributed by atoms with Crippen LogP contribution in [0.3, 0.4) is 0 Å². The summed E-state index contributed by atoms with van der Waals surface area (Å²) >= 11 is 0. The van der Waals surface area contributed by atoms with E-state index >= 15 is 0 Å². The van der Waals surface area contributed by atoms with Crippen LogP contribution in [0.4, 0.5) is 5.69 Å². The predicted octanol–water partition coefficient (Wildman–Crippen LogP) is 3.97. The summed E-state index contributed by atoms with van der Waals surface area (Å²) in [6.45, 7) is 4.36. The number of amides is 1. The zero-order chi connectivity index (χ0) is 18.1. The summed E-state index contributed by atoms with van der Waals surface area (Å²) in [6.07, 6.45) is 1.82. The smallest absolute Gasteiger partial charge is 0.338 e. The number of hydrogen-bond donors (Lipinski definition) is 1. The van der Waals surface area contributed by atoms with Crippen molar-refractivity contribution in [1.82, 2.24) is 0 Å². The van der Waals surface area contributed by atoms with Gasteiger partial charge in [0.05, 0.1) is 12.2 Å². The second kappa shape index (κ2) is 9.47. The number of hydrogen-bond acceptors (Lipinski definition) is 4. The lowest BCUT2D eigenvalue weighted by Crippen LogP contribution is -2.20. The largest absolute Gasteiger partial charge is 0.484 e. The van der Waals surface area contributed by atoms with Gasteiger partial charge in [0.1, 0.15) is 5.75 Å². The van der Waals surface area contributed by atoms with Crippen molar-refractivity contribution in [2.75, 3.05) is 18.5 Å². The Bertz CT molecular complexity index is 693. The number of rotatable bonds is 8. The van der Waals surface area contributed by atoms with Crippen LogP contribution in [0.15, 0.2) is 48.5 Å². The van der Waals surface area contributed by atoms with Crippen molar-refractivity contribution in [3.63, 3.8) is 0 Å². The molecule has 1 N–H and O–H groups in total. The quantitative estimate of drug-likeness (QED) is 0.583. The van der Waals surface area contributed by atoms with E-state index in [-0.39, 0.29) is 18.5 Å². The zero-order valence-corrected chi connectivity index (χ0v) is 14.6. The SMILES string of the molecule is CCCCOC(=O)c1ccc(NC(=O)COc2ccc(C)cc2)cc1. The molecule has 0 saturated carbocycles. The van der Waals surface area contributed by atoms with Crippen molar-refractivity contribution in [2.45, 2.75) is 26.7 Å². The maximum absolute atomic E-state index is 11.9. The molecule has 0 bridgehead atoms. The first-order valence-electron chi connectivity index (χ1n) is 8.35. The molecule has 1 amide bonds. The van der Waals surface area contributed by atoms with Crippen molar-refractivity contribution < 1.29 is 19.1 Å². The summed E-state index contributed by atoms with van der Waals surface area (Å²) in [5.41, 5.74) is 2.19. The molecule has 2 rings (SSSR count). The standard InChI is InChI=1S/C20H23NO4/c1-3-4-13-24-20(23)16-7-9-17(10-8-16)21-19(22)14-25-18-11-5-15(2)6-12-18/h5-12H,3-4,13-14H2,1-2H3,(H,21,22). The van der Waals surface area contributed by atoms with Gasteiger partial charge in [0.25, 0.3) is 5.91 Å². The molecule has 132 valence electrons. The molecule has 0 aromatic heterocycles. The fourth-order valence-electron chi connectivity index (χ4n) is 2.06. The second-order valence-electron chi connectivity index (χ2n) is 5.72. The first-order valence-corrected chi connectivity index (χ1v) is 8.35. The van der Waals surface area contributed by atoms with Crippen molar-refractivity contribution >= 4 is 17.6 Å². The lowest BCUT2D eigenvalue weighted by molar-refractivity contribution is -0.118. The summed E-state index contributed by atoms with van der Waals surface area (Å²) in [7, 11) is 0. The topological polar surface area (TPSA) is 64.6 Å². The average Bonchev–Trinajstić information content (AvgIpc) is 2.62. The van der Waals surface area contributed by atoms with Crippen LogP contribution in [0.2, 0.25) is 0 Å². The van der Waals surface area contributed by atoms with Gasteiger partial charge in [-0.05, 0) is 49.7 Å². The molecule has 0 radical (unpaired) electrons. The van der Waals surface area contributed by atoms with Crippen molar-refractivity contribution in [3.05, 3.63) is 59.7 Å². The molecular weight excluding hydrogens is 318 g/mol. The zero-order valence-electron chi connectivity index (χ0n) is 14.6. The van der Waals surface area contributed by atoms with E-state index in [1.165, 1.54) is 0 Å². The molecule has 0 aliphatic carbocycles. The van der Waals surface area contributed by atoms with Crippen LogP contribution in [-0.2, 0) is 9.53 Å². The van der Waals surface area contributed by atoms with Crippen LogP contribution in [0.5, 0.6) is 5.75 Å². The van der Waals surface area contributed by atoms with E-state index in [2.05, 4.69) is 5.32 Å². The van der Waals surface area contributed by atoms with Gasteiger partial charge in [-0.3, -0.25) is 4.79 Å². The molecule has 0 fully saturated rings. The van der Waals surface area contributed by atoms with E-state index in [0.717, 1.165) is 18.4 Å². The number of anilines is 1. The van der Waals surface area contributed by atoms with Gasteiger partial charge in [-0.1, -0.05) is 31.0 Å². The minimum absolute atomic E-state index is 0.0795. The highest BCUT2D eigenvalue weighted by Crippen LogP contribution is 2.13. The van der Waals surface area contributed by atoms with Gasteiger partial charge in [0.15, 0.2) is 6.61 Å². The number of unbranched alkanes of at least 4 members (excludes halogenated alkanes) is 1. The predicted molar refractivity (Wildman–Crippen MR) is 96.9 cm³/mol. The Morgan fingerprint density at radius 2 is 1.68 bits per heavy atom. The fourth-order valence-corrected chi connectivity index (χ4v) is 2.06. The first kappa shape index (κ1) is 18.5. The normalized spacial score (nSPS) is 10.2. The van der Waals surface area contributed by atoms with E-state index in [0.29, 0.717) is 23.6 Å². The molecule has 2 aromatic carbocycles. The van der Waals surface area contributed by atoms with Crippen molar-refractivity contribution in [2.24, 2.45) is 0 Å². The summed E-state index contributed by atoms with van der Waals surface area (Å²) in [6, 6.07) is 14.1. The van der Waals surface area contributed by atoms with Crippen LogP contribution < -0.4 is 10.1 Å². The minimum atomic E-state index is -0.353. The van der Waals surface area contributed by atoms with E-state index in [4.69, 9.17) is 9.47 Å². The summed E-state index contributed by atoms with van der Waals surface area (Å²) in [5, 5.41) is 2.73. The molecule has 0 aliphatic rings. The number of esters is 1. The Hall–Kier alpha value is -2.82. The van der Waals surface area contributed by atoms with Gasteiger partial charge >= 0.3 is 5.97 Å². The van der Waals surface area contributed by atoms with Crippen LogP contribution in [0, 0.1) is 6.92 Å². The molecule has 0 spiro atoms. The monoisotopic (exact) mass is 341 g/mol. The lowest BCUT2D eigenvalue weighted by atomic mass is 10.2. The molecule has 0 saturated heterocycles. The lowest BCUT2D eigenvalue weighted by Gasteiger charge is -2.08. The van der Waals surface area contributed by atoms with Crippen LogP contribution in [-0.4, -0.2) is 25.1 Å². The molecule has 5 nitrogen and oxygen atoms in total. The molecule has 25 heavy (non-hydrogen) atoms. The van der Waals surface area contributed by atoms with Gasteiger partial charge in [-0.2, -0.15) is 0 Å². The third-order valence-corrected chi connectivity index (χ3v) is 3.53. The number of carbonyl (C=O) groups is 2. The molecule has 0 heterocycles. The molecule has 0 atom stereocenters. The summed E-state index contributed by atoms with van der Waals surface area (Å²) in [4.78, 5) is 23.7. The van der Waals surface area contributed by atoms with E-state index in [9.17, 15) is 9.59 Å². The van der Waals surface area contributed by atoms with E-state index < -0.39 is 0 Å². The fraction of sp³-hybridized carbons (Fsp3) is 0.300. The van der Waals surface area contributed by atoms with E-state index in [1.807, 2.05) is 38.1 Å². The maximum atomic E-state index is 11.9. The minimum Gasteiger partial charge on any atom is -0.484 e. The highest BCUT2D eigenvalue weighted by Gasteiger charge is 2.08. The molecule has 2 aromatic rings. The van der Waals surface area contributed by atoms with Crippen molar-refractivity contribution in [1.29, 1.82) is 0 Å². The maximum Gasteiger partial charge on any atom is 0.338 e. The average molecular weight is 341 g/mol. The van der Waals surface area contributed by atoms with Crippen LogP contribution >= 0.6 is 0 Å². The van der Waals surface area contributed by atoms with Gasteiger partial charge in [0.2, 0.25) is 0 Å². The molecular formula is C20H23NO4. The molecule has 0 unspecified atom stereocenters. The highest BCUT2D eigenvalue weighted by molar-refractivity contribution is 5.93. The van der Waals surface area contributed by atoms with E-state index in [1.54, 1.807) is 24.3 Å². The van der Waals surface area contributed by atoms with Crippen molar-refractivity contribution in [3.8, 4) is 5.75 Å². The number of benzene rings is 2. The Kier molecular flexibility index (Phi) is 7.01. The Morgan fingerprint density at radius 3 is 2.32 bits per heavy atom. The van der Waals surface area contributed by atoms with Crippen LogP contribution in [0.25, 0.3) is 0 Å². The van der Waals surface area contributed by atoms with Gasteiger partial charge in [-0.25, -0.2) is 4.79 Å². The number of aryl methyl sites for hydroxylation is 1. The number of carbonyl (C=O) groups excluding carboxylic acids is 2. The Balaban J connectivity index is 1.80. The Morgan fingerprint density at radius 1 is 1.00 bits per heavy atom. The summed E-state index contributed by atoms with van der Waals surface area (Å²) in [5.74, 6) is 0.0267. The second-order valence-corrected chi connectivity index (χ2v) is 5.72. The third kappa shape index (κ3) is 6.30. The summed E-state index contributed by atoms with van der Waals surface area (Å²) < 4.78 is 10.6.